The molecule has 1 aromatic carbocycles. The van der Waals surface area contributed by atoms with Gasteiger partial charge >= 0.3 is 0 Å². The molecule has 3 aromatic rings. The van der Waals surface area contributed by atoms with Gasteiger partial charge in [0.05, 0.1) is 17.1 Å². The first-order valence-corrected chi connectivity index (χ1v) is 11.9. The molecule has 32 heavy (non-hydrogen) atoms. The highest BCUT2D eigenvalue weighted by atomic mass is 32.2. The van der Waals surface area contributed by atoms with Gasteiger partial charge in [-0.25, -0.2) is 13.4 Å². The monoisotopic (exact) mass is 457 g/mol. The number of imidazole rings is 1. The van der Waals surface area contributed by atoms with E-state index < -0.39 is 10.0 Å². The van der Waals surface area contributed by atoms with Gasteiger partial charge in [-0.2, -0.15) is 4.31 Å². The summed E-state index contributed by atoms with van der Waals surface area (Å²) < 4.78 is 34.3. The zero-order valence-corrected chi connectivity index (χ0v) is 18.8. The van der Waals surface area contributed by atoms with Crippen LogP contribution in [0.4, 0.5) is 0 Å². The zero-order valence-electron chi connectivity index (χ0n) is 18.0. The molecule has 1 aliphatic rings. The number of nitrogens with zero attached hydrogens (tertiary/aromatic N) is 4. The van der Waals surface area contributed by atoms with Crippen molar-refractivity contribution in [3.05, 3.63) is 66.1 Å². The number of carbonyl (C=O) groups is 1. The molecule has 0 radical (unpaired) electrons. The third-order valence-corrected chi connectivity index (χ3v) is 7.52. The summed E-state index contributed by atoms with van der Waals surface area (Å²) in [6, 6.07) is 10.2. The van der Waals surface area contributed by atoms with E-state index in [-0.39, 0.29) is 10.8 Å². The molecular weight excluding hydrogens is 430 g/mol. The number of pyridine rings is 1. The van der Waals surface area contributed by atoms with Gasteiger partial charge in [-0.05, 0) is 29.8 Å². The highest BCUT2D eigenvalue weighted by Crippen LogP contribution is 2.18. The van der Waals surface area contributed by atoms with Crippen molar-refractivity contribution in [1.29, 1.82) is 0 Å². The fourth-order valence-electron chi connectivity index (χ4n) is 3.68. The normalized spacial score (nSPS) is 15.8. The summed E-state index contributed by atoms with van der Waals surface area (Å²) in [6.45, 7) is 4.06. The quantitative estimate of drug-likeness (QED) is 0.546. The Morgan fingerprint density at radius 1 is 1.09 bits per heavy atom. The Kier molecular flexibility index (Phi) is 6.85. The van der Waals surface area contributed by atoms with Gasteiger partial charge in [0, 0.05) is 65.0 Å². The first-order chi connectivity index (χ1) is 15.5. The number of fused-ring (bicyclic) bond motifs is 1. The molecule has 170 valence electrons. The summed E-state index contributed by atoms with van der Waals surface area (Å²) in [5, 5.41) is 2.87. The minimum atomic E-state index is -3.53. The lowest BCUT2D eigenvalue weighted by Gasteiger charge is -2.33. The van der Waals surface area contributed by atoms with E-state index in [2.05, 4.69) is 15.2 Å². The number of piperazine rings is 1. The maximum Gasteiger partial charge on any atom is 0.253 e. The van der Waals surface area contributed by atoms with Crippen molar-refractivity contribution in [1.82, 2.24) is 23.9 Å². The van der Waals surface area contributed by atoms with Gasteiger partial charge in [0.25, 0.3) is 5.91 Å². The SMILES string of the molecule is COCCN1CCN(S(=O)(=O)c2ccc(CNC(=O)c3ccc4nccn4c3)cc2)CC1. The van der Waals surface area contributed by atoms with Crippen LogP contribution in [0.3, 0.4) is 0 Å². The van der Waals surface area contributed by atoms with Crippen molar-refractivity contribution in [2.24, 2.45) is 0 Å². The van der Waals surface area contributed by atoms with Crippen LogP contribution in [-0.4, -0.2) is 79.4 Å². The molecule has 2 aromatic heterocycles. The topological polar surface area (TPSA) is 96.2 Å². The molecule has 1 saturated heterocycles. The van der Waals surface area contributed by atoms with Crippen LogP contribution < -0.4 is 5.32 Å². The number of methoxy groups -OCH3 is 1. The van der Waals surface area contributed by atoms with Crippen molar-refractivity contribution >= 4 is 21.6 Å². The fourth-order valence-corrected chi connectivity index (χ4v) is 5.10. The fraction of sp³-hybridized carbons (Fsp3) is 0.364. The second-order valence-corrected chi connectivity index (χ2v) is 9.61. The summed E-state index contributed by atoms with van der Waals surface area (Å²) in [6.07, 6.45) is 5.18. The highest BCUT2D eigenvalue weighted by Gasteiger charge is 2.28. The minimum Gasteiger partial charge on any atom is -0.383 e. The minimum absolute atomic E-state index is 0.205. The molecule has 0 atom stereocenters. The van der Waals surface area contributed by atoms with Gasteiger partial charge in [-0.1, -0.05) is 12.1 Å². The molecule has 1 aliphatic heterocycles. The van der Waals surface area contributed by atoms with E-state index in [4.69, 9.17) is 4.74 Å². The Morgan fingerprint density at radius 2 is 1.84 bits per heavy atom. The maximum absolute atomic E-state index is 13.0. The molecule has 0 bridgehead atoms. The molecule has 3 heterocycles. The number of benzene rings is 1. The Hall–Kier alpha value is -2.79. The van der Waals surface area contributed by atoms with Crippen molar-refractivity contribution in [2.75, 3.05) is 46.4 Å². The van der Waals surface area contributed by atoms with Crippen LogP contribution in [0.25, 0.3) is 5.65 Å². The Bertz CT molecular complexity index is 1170. The first-order valence-electron chi connectivity index (χ1n) is 10.5. The van der Waals surface area contributed by atoms with Gasteiger partial charge in [0.2, 0.25) is 10.0 Å². The number of nitrogens with one attached hydrogen (secondary N) is 1. The van der Waals surface area contributed by atoms with Crippen molar-refractivity contribution in [3.63, 3.8) is 0 Å². The van der Waals surface area contributed by atoms with Crippen LogP contribution in [0.1, 0.15) is 15.9 Å². The molecule has 0 unspecified atom stereocenters. The average Bonchev–Trinajstić information content (AvgIpc) is 3.30. The summed E-state index contributed by atoms with van der Waals surface area (Å²) in [5.41, 5.74) is 2.12. The predicted octanol–water partition coefficient (Wildman–Crippen LogP) is 1.22. The van der Waals surface area contributed by atoms with Crippen LogP contribution in [0.2, 0.25) is 0 Å². The van der Waals surface area contributed by atoms with E-state index in [1.807, 2.05) is 0 Å². The molecule has 0 spiro atoms. The number of carbonyl (C=O) groups excluding carboxylic acids is 1. The lowest BCUT2D eigenvalue weighted by atomic mass is 10.2. The average molecular weight is 458 g/mol. The first kappa shape index (κ1) is 22.4. The van der Waals surface area contributed by atoms with Gasteiger partial charge < -0.3 is 14.5 Å². The van der Waals surface area contributed by atoms with Crippen LogP contribution in [0.15, 0.2) is 59.9 Å². The zero-order chi connectivity index (χ0) is 22.6. The van der Waals surface area contributed by atoms with Crippen LogP contribution in [0.5, 0.6) is 0 Å². The number of aromatic nitrogens is 2. The van der Waals surface area contributed by atoms with Crippen molar-refractivity contribution in [3.8, 4) is 0 Å². The summed E-state index contributed by atoms with van der Waals surface area (Å²) in [5.74, 6) is -0.205. The Labute approximate surface area is 187 Å². The second-order valence-electron chi connectivity index (χ2n) is 7.68. The third kappa shape index (κ3) is 4.99. The Morgan fingerprint density at radius 3 is 2.56 bits per heavy atom. The molecule has 1 N–H and O–H groups in total. The highest BCUT2D eigenvalue weighted by molar-refractivity contribution is 7.89. The summed E-state index contributed by atoms with van der Waals surface area (Å²) in [7, 11) is -1.87. The largest absolute Gasteiger partial charge is 0.383 e. The number of ether oxygens (including phenoxy) is 1. The molecule has 0 saturated carbocycles. The van der Waals surface area contributed by atoms with E-state index in [0.29, 0.717) is 44.9 Å². The summed E-state index contributed by atoms with van der Waals surface area (Å²) in [4.78, 5) is 19.1. The van der Waals surface area contributed by atoms with Crippen LogP contribution in [-0.2, 0) is 21.3 Å². The van der Waals surface area contributed by atoms with Gasteiger partial charge in [-0.3, -0.25) is 9.69 Å². The molecule has 9 nitrogen and oxygen atoms in total. The second kappa shape index (κ2) is 9.78. The lowest BCUT2D eigenvalue weighted by Crippen LogP contribution is -2.49. The van der Waals surface area contributed by atoms with E-state index in [0.717, 1.165) is 17.8 Å². The smallest absolute Gasteiger partial charge is 0.253 e. The molecule has 4 rings (SSSR count). The van der Waals surface area contributed by atoms with E-state index in [1.54, 1.807) is 66.5 Å². The summed E-state index contributed by atoms with van der Waals surface area (Å²) >= 11 is 0. The maximum atomic E-state index is 13.0. The van der Waals surface area contributed by atoms with Gasteiger partial charge in [0.15, 0.2) is 0 Å². The Balaban J connectivity index is 1.33. The standard InChI is InChI=1S/C22H27N5O4S/c1-31-15-14-25-10-12-27(13-11-25)32(29,30)20-5-2-18(3-6-20)16-24-22(28)19-4-7-21-23-8-9-26(21)17-19/h2-9,17H,10-16H2,1H3,(H,24,28). The van der Waals surface area contributed by atoms with Gasteiger partial charge in [-0.15, -0.1) is 0 Å². The van der Waals surface area contributed by atoms with Crippen LogP contribution in [0, 0.1) is 0 Å². The number of amides is 1. The van der Waals surface area contributed by atoms with E-state index >= 15 is 0 Å². The lowest BCUT2D eigenvalue weighted by molar-refractivity contribution is 0.0950. The molecular formula is C22H27N5O4S. The number of sulfonamides is 1. The van der Waals surface area contributed by atoms with Crippen molar-refractivity contribution < 1.29 is 17.9 Å². The number of rotatable bonds is 8. The molecule has 1 fully saturated rings. The molecule has 1 amide bonds. The predicted molar refractivity (Wildman–Crippen MR) is 120 cm³/mol. The molecule has 10 heteroatoms. The van der Waals surface area contributed by atoms with Gasteiger partial charge in [0.1, 0.15) is 5.65 Å². The van der Waals surface area contributed by atoms with E-state index in [1.165, 1.54) is 4.31 Å². The van der Waals surface area contributed by atoms with Crippen molar-refractivity contribution in [2.45, 2.75) is 11.4 Å². The van der Waals surface area contributed by atoms with E-state index in [9.17, 15) is 13.2 Å². The number of hydrogen-bond donors (Lipinski definition) is 1. The van der Waals surface area contributed by atoms with Crippen LogP contribution >= 0.6 is 0 Å². The molecule has 0 aliphatic carbocycles. The number of hydrogen-bond acceptors (Lipinski definition) is 6. The third-order valence-electron chi connectivity index (χ3n) is 5.61.